The second kappa shape index (κ2) is 12.3. The molecule has 5 rings (SSSR count). The number of halogens is 4. The van der Waals surface area contributed by atoms with Crippen molar-refractivity contribution >= 4 is 44.9 Å². The Morgan fingerprint density at radius 2 is 1.70 bits per heavy atom. The highest BCUT2D eigenvalue weighted by Crippen LogP contribution is 2.54. The number of fused-ring (bicyclic) bond motifs is 2. The van der Waals surface area contributed by atoms with Crippen LogP contribution in [-0.2, 0) is 19.4 Å². The number of methoxy groups -OCH3 is 1. The minimum absolute atomic E-state index is 0.0456. The van der Waals surface area contributed by atoms with Crippen molar-refractivity contribution in [1.29, 1.82) is 0 Å². The zero-order valence-electron chi connectivity index (χ0n) is 23.8. The molecule has 2 aliphatic carbocycles. The molecule has 1 heterocycles. The number of hydrogen-bond donors (Lipinski definition) is 2. The lowest BCUT2D eigenvalue weighted by Gasteiger charge is -2.42. The summed E-state index contributed by atoms with van der Waals surface area (Å²) in [5, 5.41) is 12.9. The number of nitrogens with one attached hydrogen (secondary N) is 1. The van der Waals surface area contributed by atoms with Crippen molar-refractivity contribution in [2.45, 2.75) is 73.2 Å². The van der Waals surface area contributed by atoms with E-state index >= 15 is 0 Å². The first kappa shape index (κ1) is 32.2. The molecule has 238 valence electrons. The van der Waals surface area contributed by atoms with E-state index in [0.29, 0.717) is 44.4 Å². The van der Waals surface area contributed by atoms with E-state index in [1.807, 2.05) is 0 Å². The Bertz CT molecular complexity index is 1570. The Morgan fingerprint density at radius 3 is 2.32 bits per heavy atom. The number of nitrogens with zero attached hydrogens (tertiary/aromatic N) is 1. The molecule has 5 atom stereocenters. The Labute approximate surface area is 257 Å². The molecular weight excluding hydrogens is 625 g/mol. The average Bonchev–Trinajstić information content (AvgIpc) is 3.51. The van der Waals surface area contributed by atoms with Gasteiger partial charge in [0.1, 0.15) is 0 Å². The van der Waals surface area contributed by atoms with Crippen molar-refractivity contribution in [1.82, 2.24) is 4.90 Å². The van der Waals surface area contributed by atoms with Gasteiger partial charge in [0, 0.05) is 36.3 Å². The Morgan fingerprint density at radius 1 is 1.07 bits per heavy atom. The second-order valence-electron chi connectivity index (χ2n) is 11.7. The lowest BCUT2D eigenvalue weighted by molar-refractivity contribution is -0.126. The van der Waals surface area contributed by atoms with Crippen molar-refractivity contribution in [3.8, 4) is 0 Å². The van der Waals surface area contributed by atoms with Crippen LogP contribution >= 0.6 is 11.6 Å². The van der Waals surface area contributed by atoms with E-state index in [2.05, 4.69) is 5.32 Å². The zero-order valence-corrected chi connectivity index (χ0v) is 25.4. The highest BCUT2D eigenvalue weighted by molar-refractivity contribution is 7.92. The van der Waals surface area contributed by atoms with Crippen LogP contribution in [0.3, 0.4) is 0 Å². The molecule has 2 amide bonds. The van der Waals surface area contributed by atoms with Gasteiger partial charge >= 0.3 is 6.09 Å². The number of ether oxygens (including phenoxy) is 1. The van der Waals surface area contributed by atoms with E-state index < -0.39 is 56.2 Å². The topological polar surface area (TPSA) is 130 Å². The molecule has 2 saturated carbocycles. The van der Waals surface area contributed by atoms with Crippen molar-refractivity contribution in [2.75, 3.05) is 19.0 Å². The second-order valence-corrected chi connectivity index (χ2v) is 14.3. The lowest BCUT2D eigenvalue weighted by atomic mass is 9.71. The van der Waals surface area contributed by atoms with Crippen LogP contribution in [-0.4, -0.2) is 66.8 Å². The molecule has 1 aliphatic heterocycles. The maximum absolute atomic E-state index is 13.8. The average molecular weight is 657 g/mol. The summed E-state index contributed by atoms with van der Waals surface area (Å²) in [5.74, 6) is -6.52. The summed E-state index contributed by atoms with van der Waals surface area (Å²) in [6.07, 6.45) is 2.25. The number of benzene rings is 2. The fourth-order valence-corrected chi connectivity index (χ4v) is 9.47. The molecule has 2 aromatic rings. The van der Waals surface area contributed by atoms with Crippen LogP contribution in [0.25, 0.3) is 0 Å². The first-order chi connectivity index (χ1) is 20.8. The van der Waals surface area contributed by atoms with Gasteiger partial charge in [-0.1, -0.05) is 11.6 Å². The molecule has 4 unspecified atom stereocenters. The van der Waals surface area contributed by atoms with Crippen LogP contribution in [0.1, 0.15) is 61.7 Å². The van der Waals surface area contributed by atoms with Crippen molar-refractivity contribution in [2.24, 2.45) is 11.8 Å². The normalized spacial score (nSPS) is 26.5. The van der Waals surface area contributed by atoms with Gasteiger partial charge in [-0.2, -0.15) is 0 Å². The molecule has 0 aromatic heterocycles. The maximum Gasteiger partial charge on any atom is 0.410 e. The van der Waals surface area contributed by atoms with Crippen molar-refractivity contribution < 1.29 is 45.8 Å². The molecular formula is C30H32ClF3N2O7S. The molecule has 3 aliphatic rings. The smallest absolute Gasteiger partial charge is 0.410 e. The van der Waals surface area contributed by atoms with Gasteiger partial charge in [0.05, 0.1) is 33.9 Å². The number of rotatable bonds is 8. The lowest BCUT2D eigenvalue weighted by Crippen LogP contribution is -2.49. The molecule has 14 heteroatoms. The van der Waals surface area contributed by atoms with Gasteiger partial charge in [0.25, 0.3) is 5.91 Å². The predicted octanol–water partition coefficient (Wildman–Crippen LogP) is 5.28. The summed E-state index contributed by atoms with van der Waals surface area (Å²) in [4.78, 5) is 39.0. The van der Waals surface area contributed by atoms with E-state index in [1.165, 1.54) is 24.1 Å². The fourth-order valence-electron chi connectivity index (χ4n) is 7.07. The molecule has 9 nitrogen and oxygen atoms in total. The first-order valence-corrected chi connectivity index (χ1v) is 16.3. The van der Waals surface area contributed by atoms with Crippen LogP contribution in [0.2, 0.25) is 5.02 Å². The van der Waals surface area contributed by atoms with Gasteiger partial charge < -0.3 is 15.2 Å². The highest BCUT2D eigenvalue weighted by atomic mass is 35.5. The summed E-state index contributed by atoms with van der Waals surface area (Å²) in [6, 6.07) is 4.15. The fraction of sp³-hybridized carbons (Fsp3) is 0.500. The van der Waals surface area contributed by atoms with Crippen molar-refractivity contribution in [3.63, 3.8) is 0 Å². The number of anilines is 1. The van der Waals surface area contributed by atoms with Crippen molar-refractivity contribution in [3.05, 3.63) is 58.4 Å². The first-order valence-electron chi connectivity index (χ1n) is 14.3. The third kappa shape index (κ3) is 5.93. The summed E-state index contributed by atoms with van der Waals surface area (Å²) < 4.78 is 72.9. The van der Waals surface area contributed by atoms with Crippen LogP contribution in [0.4, 0.5) is 23.7 Å². The Balaban J connectivity index is 1.29. The monoisotopic (exact) mass is 656 g/mol. The quantitative estimate of drug-likeness (QED) is 0.370. The van der Waals surface area contributed by atoms with Gasteiger partial charge in [-0.3, -0.25) is 14.5 Å². The van der Waals surface area contributed by atoms with E-state index in [1.54, 1.807) is 0 Å². The Hall–Kier alpha value is -3.16. The highest BCUT2D eigenvalue weighted by Gasteiger charge is 2.55. The minimum atomic E-state index is -4.10. The summed E-state index contributed by atoms with van der Waals surface area (Å²) in [7, 11) is -2.84. The molecule has 1 saturated heterocycles. The van der Waals surface area contributed by atoms with E-state index in [4.69, 9.17) is 16.3 Å². The molecule has 0 radical (unpaired) electrons. The number of sulfone groups is 1. The molecule has 2 aromatic carbocycles. The van der Waals surface area contributed by atoms with Crippen LogP contribution < -0.4 is 5.32 Å². The van der Waals surface area contributed by atoms with E-state index in [9.17, 15) is 41.1 Å². The summed E-state index contributed by atoms with van der Waals surface area (Å²) >= 11 is 6.28. The molecule has 44 heavy (non-hydrogen) atoms. The van der Waals surface area contributed by atoms with E-state index in [0.717, 1.165) is 6.07 Å². The number of carbonyl (C=O) groups is 3. The largest absolute Gasteiger partial charge is 0.453 e. The zero-order chi connectivity index (χ0) is 32.0. The van der Waals surface area contributed by atoms with Crippen LogP contribution in [0, 0.1) is 29.3 Å². The van der Waals surface area contributed by atoms with Gasteiger partial charge in [-0.15, -0.1) is 0 Å². The van der Waals surface area contributed by atoms with Gasteiger partial charge in [0.2, 0.25) is 0 Å². The number of ketones is 1. The maximum atomic E-state index is 13.8. The number of amides is 2. The van der Waals surface area contributed by atoms with E-state index in [-0.39, 0.29) is 64.5 Å². The van der Waals surface area contributed by atoms with Gasteiger partial charge in [-0.25, -0.2) is 26.4 Å². The third-order valence-corrected chi connectivity index (χ3v) is 12.0. The number of Topliss-reactive ketones (excluding diaryl/α,β-unsaturated/α-hetero) is 1. The number of likely N-dealkylation sites (tertiary alicyclic amines) is 1. The number of hydrogen-bond acceptors (Lipinski definition) is 7. The Kier molecular flexibility index (Phi) is 9.03. The SMILES string of the molecule is COC(=O)N1CCCC1C(=O)CCC1(O)C2CC[C@H]1CC(S(=O)(=O)c1cc(C(=O)Nc3cc(F)c(F)c(F)c3)ccc1Cl)C2. The standard InChI is InChI=1S/C30H32ClF3N2O7S/c1-43-29(39)36-10-2-3-24(36)25(37)8-9-30(40)17-5-6-18(30)13-20(12-17)44(41,42)26-11-16(4-7-21(26)31)28(38)35-19-14-22(32)27(34)23(33)15-19/h4,7,11,14-15,17-18,20,24,40H,2-3,5-6,8-10,12-13H2,1H3,(H,35,38)/t17-,18?,20?,24?,30?/m0/s1. The number of aliphatic hydroxyl groups is 1. The summed E-state index contributed by atoms with van der Waals surface area (Å²) in [5.41, 5.74) is -1.75. The van der Waals surface area contributed by atoms with Gasteiger partial charge in [0.15, 0.2) is 33.1 Å². The minimum Gasteiger partial charge on any atom is -0.453 e. The molecule has 2 bridgehead atoms. The summed E-state index contributed by atoms with van der Waals surface area (Å²) in [6.45, 7) is 0.424. The molecule has 0 spiro atoms. The third-order valence-electron chi connectivity index (χ3n) is 9.36. The predicted molar refractivity (Wildman–Crippen MR) is 153 cm³/mol. The molecule has 2 N–H and O–H groups in total. The van der Waals surface area contributed by atoms with Crippen LogP contribution in [0.5, 0.6) is 0 Å². The number of carbonyl (C=O) groups excluding carboxylic acids is 3. The van der Waals surface area contributed by atoms with Crippen LogP contribution in [0.15, 0.2) is 35.2 Å². The van der Waals surface area contributed by atoms with Gasteiger partial charge in [-0.05, 0) is 75.0 Å². The molecule has 3 fully saturated rings.